The average Bonchev–Trinajstić information content (AvgIpc) is 2.81. The number of carbonyl (C=O) groups is 1. The van der Waals surface area contributed by atoms with E-state index in [9.17, 15) is 4.79 Å². The van der Waals surface area contributed by atoms with Gasteiger partial charge in [-0.2, -0.15) is 0 Å². The smallest absolute Gasteiger partial charge is 0.223 e. The van der Waals surface area contributed by atoms with E-state index in [-0.39, 0.29) is 5.91 Å². The number of benzene rings is 2. The van der Waals surface area contributed by atoms with Crippen LogP contribution in [0, 0.1) is 3.57 Å². The maximum Gasteiger partial charge on any atom is 0.223 e. The Morgan fingerprint density at radius 2 is 1.90 bits per heavy atom. The van der Waals surface area contributed by atoms with E-state index >= 15 is 0 Å². The lowest BCUT2D eigenvalue weighted by Gasteiger charge is -2.17. The monoisotopic (exact) mass is 377 g/mol. The Morgan fingerprint density at radius 3 is 2.65 bits per heavy atom. The lowest BCUT2D eigenvalue weighted by atomic mass is 9.99. The fourth-order valence-electron chi connectivity index (χ4n) is 2.73. The van der Waals surface area contributed by atoms with Crippen LogP contribution >= 0.6 is 22.6 Å². The summed E-state index contributed by atoms with van der Waals surface area (Å²) in [4.78, 5) is 14.1. The van der Waals surface area contributed by atoms with Crippen molar-refractivity contribution in [3.63, 3.8) is 0 Å². The molecule has 2 nitrogen and oxygen atoms in total. The summed E-state index contributed by atoms with van der Waals surface area (Å²) in [5.74, 6) is 0.601. The molecule has 0 aromatic heterocycles. The van der Waals surface area contributed by atoms with Gasteiger partial charge in [-0.05, 0) is 45.9 Å². The van der Waals surface area contributed by atoms with Crippen molar-refractivity contribution in [1.82, 2.24) is 4.90 Å². The number of carbonyl (C=O) groups excluding carboxylic acids is 1. The highest BCUT2D eigenvalue weighted by atomic mass is 127. The van der Waals surface area contributed by atoms with E-state index in [2.05, 4.69) is 52.9 Å². The van der Waals surface area contributed by atoms with Gasteiger partial charge < -0.3 is 4.90 Å². The first-order chi connectivity index (χ1) is 9.72. The van der Waals surface area contributed by atoms with E-state index < -0.39 is 0 Å². The molecule has 0 unspecified atom stereocenters. The van der Waals surface area contributed by atoms with Crippen LogP contribution in [0.5, 0.6) is 0 Å². The number of rotatable bonds is 3. The summed E-state index contributed by atoms with van der Waals surface area (Å²) in [6.45, 7) is 1.55. The van der Waals surface area contributed by atoms with Crippen molar-refractivity contribution in [3.05, 3.63) is 69.3 Å². The number of hydrogen-bond acceptors (Lipinski definition) is 1. The minimum absolute atomic E-state index is 0.262. The van der Waals surface area contributed by atoms with Gasteiger partial charge in [0.1, 0.15) is 0 Å². The van der Waals surface area contributed by atoms with E-state index in [1.165, 1.54) is 14.7 Å². The molecule has 0 spiro atoms. The van der Waals surface area contributed by atoms with Crippen LogP contribution < -0.4 is 0 Å². The Hall–Kier alpha value is -1.36. The molecule has 1 aliphatic heterocycles. The van der Waals surface area contributed by atoms with Crippen molar-refractivity contribution >= 4 is 28.5 Å². The van der Waals surface area contributed by atoms with Crippen LogP contribution in [0.15, 0.2) is 54.6 Å². The largest absolute Gasteiger partial charge is 0.338 e. The van der Waals surface area contributed by atoms with Gasteiger partial charge in [-0.1, -0.05) is 42.5 Å². The van der Waals surface area contributed by atoms with Gasteiger partial charge in [0.25, 0.3) is 0 Å². The van der Waals surface area contributed by atoms with Crippen LogP contribution in [-0.2, 0) is 11.3 Å². The van der Waals surface area contributed by atoms with Gasteiger partial charge in [0.15, 0.2) is 0 Å². The summed E-state index contributed by atoms with van der Waals surface area (Å²) in [7, 11) is 0. The minimum Gasteiger partial charge on any atom is -0.338 e. The molecule has 1 atom stereocenters. The zero-order valence-electron chi connectivity index (χ0n) is 11.1. The summed E-state index contributed by atoms with van der Waals surface area (Å²) in [6.07, 6.45) is 0.633. The molecule has 2 aromatic rings. The first-order valence-corrected chi connectivity index (χ1v) is 7.87. The molecule has 2 aromatic carbocycles. The minimum atomic E-state index is 0.262. The van der Waals surface area contributed by atoms with Gasteiger partial charge in [-0.25, -0.2) is 0 Å². The third kappa shape index (κ3) is 3.03. The molecule has 1 aliphatic rings. The van der Waals surface area contributed by atoms with Gasteiger partial charge in [0, 0.05) is 29.0 Å². The highest BCUT2D eigenvalue weighted by Gasteiger charge is 2.30. The lowest BCUT2D eigenvalue weighted by Crippen LogP contribution is -2.24. The number of hydrogen-bond donors (Lipinski definition) is 0. The van der Waals surface area contributed by atoms with E-state index in [4.69, 9.17) is 0 Å². The van der Waals surface area contributed by atoms with Crippen molar-refractivity contribution in [1.29, 1.82) is 0 Å². The normalized spacial score (nSPS) is 18.6. The summed E-state index contributed by atoms with van der Waals surface area (Å²) in [6, 6.07) is 18.7. The van der Waals surface area contributed by atoms with Crippen LogP contribution in [0.25, 0.3) is 0 Å². The molecule has 0 bridgehead atoms. The molecule has 0 aliphatic carbocycles. The van der Waals surface area contributed by atoms with Crippen LogP contribution in [0.4, 0.5) is 0 Å². The predicted octanol–water partition coefficient (Wildman–Crippen LogP) is 3.81. The van der Waals surface area contributed by atoms with Crippen molar-refractivity contribution in [2.24, 2.45) is 0 Å². The van der Waals surface area contributed by atoms with Gasteiger partial charge in [0.2, 0.25) is 5.91 Å². The second kappa shape index (κ2) is 5.95. The highest BCUT2D eigenvalue weighted by molar-refractivity contribution is 14.1. The summed E-state index contributed by atoms with van der Waals surface area (Å²) < 4.78 is 1.21. The van der Waals surface area contributed by atoms with Crippen LogP contribution in [-0.4, -0.2) is 17.4 Å². The topological polar surface area (TPSA) is 20.3 Å². The fraction of sp³-hybridized carbons (Fsp3) is 0.235. The lowest BCUT2D eigenvalue weighted by molar-refractivity contribution is -0.128. The van der Waals surface area contributed by atoms with Crippen molar-refractivity contribution < 1.29 is 4.79 Å². The summed E-state index contributed by atoms with van der Waals surface area (Å²) in [5, 5.41) is 0. The van der Waals surface area contributed by atoms with E-state index in [1.807, 2.05) is 29.2 Å². The molecular formula is C17H16INO. The SMILES string of the molecule is O=C1C[C@H](c2ccccc2)CN1Cc1cccc(I)c1. The fourth-order valence-corrected chi connectivity index (χ4v) is 3.34. The molecule has 1 amide bonds. The Morgan fingerprint density at radius 1 is 1.10 bits per heavy atom. The molecule has 102 valence electrons. The van der Waals surface area contributed by atoms with Gasteiger partial charge >= 0.3 is 0 Å². The zero-order valence-corrected chi connectivity index (χ0v) is 13.3. The Labute approximate surface area is 132 Å². The van der Waals surface area contributed by atoms with Crippen molar-refractivity contribution in [2.75, 3.05) is 6.54 Å². The second-order valence-electron chi connectivity index (χ2n) is 5.22. The third-order valence-electron chi connectivity index (χ3n) is 3.75. The molecule has 1 fully saturated rings. The van der Waals surface area contributed by atoms with Crippen LogP contribution in [0.1, 0.15) is 23.5 Å². The molecule has 3 rings (SSSR count). The first-order valence-electron chi connectivity index (χ1n) is 6.79. The average molecular weight is 377 g/mol. The quantitative estimate of drug-likeness (QED) is 0.745. The van der Waals surface area contributed by atoms with E-state index in [1.54, 1.807) is 0 Å². The predicted molar refractivity (Wildman–Crippen MR) is 88.4 cm³/mol. The van der Waals surface area contributed by atoms with Crippen LogP contribution in [0.2, 0.25) is 0 Å². The molecular weight excluding hydrogens is 361 g/mol. The molecule has 0 N–H and O–H groups in total. The number of halogens is 1. The molecule has 0 radical (unpaired) electrons. The number of amides is 1. The standard InChI is InChI=1S/C17H16INO/c18-16-8-4-5-13(9-16)11-19-12-15(10-17(19)20)14-6-2-1-3-7-14/h1-9,15H,10-12H2/t15-/m0/s1. The van der Waals surface area contributed by atoms with E-state index in [0.717, 1.165) is 13.1 Å². The summed E-state index contributed by atoms with van der Waals surface area (Å²) >= 11 is 2.31. The number of nitrogens with zero attached hydrogens (tertiary/aromatic N) is 1. The Bertz CT molecular complexity index is 611. The second-order valence-corrected chi connectivity index (χ2v) is 6.46. The zero-order chi connectivity index (χ0) is 13.9. The first kappa shape index (κ1) is 13.6. The number of likely N-dealkylation sites (tertiary alicyclic amines) is 1. The van der Waals surface area contributed by atoms with Gasteiger partial charge in [0.05, 0.1) is 0 Å². The molecule has 1 saturated heterocycles. The van der Waals surface area contributed by atoms with Gasteiger partial charge in [-0.3, -0.25) is 4.79 Å². The van der Waals surface area contributed by atoms with E-state index in [0.29, 0.717) is 12.3 Å². The Balaban J connectivity index is 1.71. The van der Waals surface area contributed by atoms with Crippen molar-refractivity contribution in [2.45, 2.75) is 18.9 Å². The maximum absolute atomic E-state index is 12.2. The maximum atomic E-state index is 12.2. The van der Waals surface area contributed by atoms with Crippen molar-refractivity contribution in [3.8, 4) is 0 Å². The third-order valence-corrected chi connectivity index (χ3v) is 4.42. The van der Waals surface area contributed by atoms with Gasteiger partial charge in [-0.15, -0.1) is 0 Å². The molecule has 1 heterocycles. The highest BCUT2D eigenvalue weighted by Crippen LogP contribution is 2.29. The molecule has 3 heteroatoms. The molecule has 20 heavy (non-hydrogen) atoms. The Kier molecular flexibility index (Phi) is 4.05. The molecule has 0 saturated carbocycles. The van der Waals surface area contributed by atoms with Crippen LogP contribution in [0.3, 0.4) is 0 Å². The summed E-state index contributed by atoms with van der Waals surface area (Å²) in [5.41, 5.74) is 2.48.